The number of aryl methyl sites for hydroxylation is 1. The Balaban J connectivity index is 1.35. The lowest BCUT2D eigenvalue weighted by atomic mass is 9.73. The Morgan fingerprint density at radius 3 is 2.81 bits per heavy atom. The summed E-state index contributed by atoms with van der Waals surface area (Å²) in [6.07, 6.45) is 4.72. The van der Waals surface area contributed by atoms with Crippen molar-refractivity contribution in [2.45, 2.75) is 65.1 Å². The number of oxime groups is 1. The van der Waals surface area contributed by atoms with Gasteiger partial charge in [-0.25, -0.2) is 4.39 Å². The Morgan fingerprint density at radius 2 is 2.12 bits per heavy atom. The first-order chi connectivity index (χ1) is 15.4. The number of nitrogens with zero attached hydrogens (tertiary/aromatic N) is 4. The molecule has 1 fully saturated rings. The van der Waals surface area contributed by atoms with Crippen molar-refractivity contribution in [3.05, 3.63) is 53.1 Å². The van der Waals surface area contributed by atoms with Gasteiger partial charge in [0.05, 0.1) is 17.3 Å². The second kappa shape index (κ2) is 9.40. The lowest BCUT2D eigenvalue weighted by Gasteiger charge is -2.39. The van der Waals surface area contributed by atoms with E-state index in [0.29, 0.717) is 37.0 Å². The predicted octanol–water partition coefficient (Wildman–Crippen LogP) is 3.99. The molecule has 2 aliphatic rings. The molecule has 0 spiro atoms. The molecule has 8 heteroatoms. The number of piperidine rings is 1. The van der Waals surface area contributed by atoms with Gasteiger partial charge >= 0.3 is 5.97 Å². The predicted molar refractivity (Wildman–Crippen MR) is 119 cm³/mol. The molecule has 1 N–H and O–H groups in total. The highest BCUT2D eigenvalue weighted by molar-refractivity contribution is 6.01. The third kappa shape index (κ3) is 4.70. The number of hydrogen-bond donors (Lipinski definition) is 1. The zero-order valence-corrected chi connectivity index (χ0v) is 18.8. The molecule has 1 aromatic heterocycles. The lowest BCUT2D eigenvalue weighted by molar-refractivity contribution is -0.155. The topological polar surface area (TPSA) is 80.0 Å². The van der Waals surface area contributed by atoms with E-state index in [2.05, 4.69) is 29.0 Å². The standard InChI is InChI=1S/C24H31FN4O3/c1-3-9-29-17(2)19(15-26-29)16-28-10-7-24(8-11-28,23(30)31)14-21-13-22(27-32-21)18-5-4-6-20(25)12-18/h4-6,12,15,21H,3,7-11,13-14,16H2,1-2H3,(H,30,31). The number of hydrogen-bond acceptors (Lipinski definition) is 5. The van der Waals surface area contributed by atoms with Crippen LogP contribution in [0.4, 0.5) is 4.39 Å². The van der Waals surface area contributed by atoms with Crippen LogP contribution >= 0.6 is 0 Å². The third-order valence-corrected chi connectivity index (χ3v) is 6.81. The molecule has 2 aliphatic heterocycles. The van der Waals surface area contributed by atoms with Gasteiger partial charge in [0.25, 0.3) is 0 Å². The van der Waals surface area contributed by atoms with Crippen molar-refractivity contribution < 1.29 is 19.1 Å². The van der Waals surface area contributed by atoms with Crippen molar-refractivity contribution in [3.63, 3.8) is 0 Å². The molecule has 0 radical (unpaired) electrons. The SMILES string of the molecule is CCCn1ncc(CN2CCC(CC3CC(c4cccc(F)c4)=NO3)(C(=O)O)CC2)c1C. The third-order valence-electron chi connectivity index (χ3n) is 6.81. The molecule has 1 atom stereocenters. The van der Waals surface area contributed by atoms with E-state index in [1.54, 1.807) is 12.1 Å². The van der Waals surface area contributed by atoms with Crippen molar-refractivity contribution in [2.75, 3.05) is 13.1 Å². The van der Waals surface area contributed by atoms with E-state index in [-0.39, 0.29) is 11.9 Å². The molecule has 2 aromatic rings. The number of carbonyl (C=O) groups is 1. The highest BCUT2D eigenvalue weighted by atomic mass is 19.1. The number of aromatic nitrogens is 2. The number of halogens is 1. The van der Waals surface area contributed by atoms with Crippen molar-refractivity contribution in [3.8, 4) is 0 Å². The molecular formula is C24H31FN4O3. The van der Waals surface area contributed by atoms with Crippen LogP contribution in [0.3, 0.4) is 0 Å². The van der Waals surface area contributed by atoms with Crippen LogP contribution in [0, 0.1) is 18.2 Å². The first kappa shape index (κ1) is 22.5. The monoisotopic (exact) mass is 442 g/mol. The van der Waals surface area contributed by atoms with E-state index in [9.17, 15) is 14.3 Å². The van der Waals surface area contributed by atoms with Crippen molar-refractivity contribution in [1.82, 2.24) is 14.7 Å². The Labute approximate surface area is 187 Å². The van der Waals surface area contributed by atoms with Gasteiger partial charge in [-0.1, -0.05) is 24.2 Å². The summed E-state index contributed by atoms with van der Waals surface area (Å²) in [5.74, 6) is -1.09. The molecule has 4 rings (SSSR count). The van der Waals surface area contributed by atoms with Gasteiger partial charge in [-0.2, -0.15) is 5.10 Å². The van der Waals surface area contributed by atoms with Gasteiger partial charge in [-0.05, 0) is 51.4 Å². The van der Waals surface area contributed by atoms with E-state index in [4.69, 9.17) is 4.84 Å². The molecule has 3 heterocycles. The van der Waals surface area contributed by atoms with Crippen LogP contribution in [-0.2, 0) is 22.7 Å². The molecule has 0 aliphatic carbocycles. The summed E-state index contributed by atoms with van der Waals surface area (Å²) in [6, 6.07) is 6.26. The fourth-order valence-corrected chi connectivity index (χ4v) is 4.78. The maximum absolute atomic E-state index is 13.5. The van der Waals surface area contributed by atoms with E-state index in [0.717, 1.165) is 32.6 Å². The number of rotatable bonds is 8. The largest absolute Gasteiger partial charge is 0.481 e. The second-order valence-corrected chi connectivity index (χ2v) is 9.02. The highest BCUT2D eigenvalue weighted by Gasteiger charge is 2.45. The summed E-state index contributed by atoms with van der Waals surface area (Å²) in [4.78, 5) is 20.2. The summed E-state index contributed by atoms with van der Waals surface area (Å²) < 4.78 is 15.6. The van der Waals surface area contributed by atoms with Crippen molar-refractivity contribution in [2.24, 2.45) is 10.6 Å². The van der Waals surface area contributed by atoms with Gasteiger partial charge in [0.2, 0.25) is 0 Å². The highest BCUT2D eigenvalue weighted by Crippen LogP contribution is 2.39. The van der Waals surface area contributed by atoms with Crippen LogP contribution in [0.2, 0.25) is 0 Å². The molecular weight excluding hydrogens is 411 g/mol. The number of benzene rings is 1. The Hall–Kier alpha value is -2.74. The molecule has 172 valence electrons. The molecule has 0 saturated carbocycles. The Bertz CT molecular complexity index is 995. The molecule has 0 bridgehead atoms. The summed E-state index contributed by atoms with van der Waals surface area (Å²) in [7, 11) is 0. The first-order valence-electron chi connectivity index (χ1n) is 11.4. The average molecular weight is 443 g/mol. The van der Waals surface area contributed by atoms with Crippen LogP contribution in [0.1, 0.15) is 55.8 Å². The van der Waals surface area contributed by atoms with E-state index >= 15 is 0 Å². The van der Waals surface area contributed by atoms with E-state index < -0.39 is 11.4 Å². The smallest absolute Gasteiger partial charge is 0.309 e. The zero-order chi connectivity index (χ0) is 22.7. The molecule has 1 saturated heterocycles. The van der Waals surface area contributed by atoms with Gasteiger partial charge in [-0.3, -0.25) is 14.4 Å². The van der Waals surface area contributed by atoms with Gasteiger partial charge in [-0.15, -0.1) is 0 Å². The van der Waals surface area contributed by atoms with E-state index in [1.807, 2.05) is 10.9 Å². The van der Waals surface area contributed by atoms with Crippen LogP contribution in [-0.4, -0.2) is 50.7 Å². The number of carboxylic acid groups (broad SMARTS) is 1. The van der Waals surface area contributed by atoms with Crippen LogP contribution in [0.5, 0.6) is 0 Å². The van der Waals surface area contributed by atoms with Crippen molar-refractivity contribution >= 4 is 11.7 Å². The van der Waals surface area contributed by atoms with Gasteiger partial charge < -0.3 is 9.94 Å². The second-order valence-electron chi connectivity index (χ2n) is 9.02. The summed E-state index contributed by atoms with van der Waals surface area (Å²) in [6.45, 7) is 7.37. The minimum Gasteiger partial charge on any atom is -0.481 e. The van der Waals surface area contributed by atoms with Crippen LogP contribution < -0.4 is 0 Å². The first-order valence-corrected chi connectivity index (χ1v) is 11.4. The fraction of sp³-hybridized carbons (Fsp3) is 0.542. The quantitative estimate of drug-likeness (QED) is 0.669. The van der Waals surface area contributed by atoms with E-state index in [1.165, 1.54) is 23.4 Å². The van der Waals surface area contributed by atoms with Gasteiger partial charge in [0, 0.05) is 42.8 Å². The van der Waals surface area contributed by atoms with Gasteiger partial charge in [0.1, 0.15) is 11.9 Å². The summed E-state index contributed by atoms with van der Waals surface area (Å²) >= 11 is 0. The normalized spacial score (nSPS) is 20.7. The molecule has 1 aromatic carbocycles. The van der Waals surface area contributed by atoms with Gasteiger partial charge in [0.15, 0.2) is 0 Å². The van der Waals surface area contributed by atoms with Crippen molar-refractivity contribution in [1.29, 1.82) is 0 Å². The lowest BCUT2D eigenvalue weighted by Crippen LogP contribution is -2.45. The number of likely N-dealkylation sites (tertiary alicyclic amines) is 1. The summed E-state index contributed by atoms with van der Waals surface area (Å²) in [5, 5.41) is 18.7. The van der Waals surface area contributed by atoms with Crippen LogP contribution in [0.25, 0.3) is 0 Å². The minimum atomic E-state index is -0.824. The molecule has 0 amide bonds. The minimum absolute atomic E-state index is 0.301. The van der Waals surface area contributed by atoms with Crippen LogP contribution in [0.15, 0.2) is 35.6 Å². The molecule has 7 nitrogen and oxygen atoms in total. The fourth-order valence-electron chi connectivity index (χ4n) is 4.78. The Kier molecular flexibility index (Phi) is 6.60. The maximum Gasteiger partial charge on any atom is 0.309 e. The number of carboxylic acids is 1. The number of aliphatic carboxylic acids is 1. The summed E-state index contributed by atoms with van der Waals surface area (Å²) in [5.41, 5.74) is 2.92. The zero-order valence-electron chi connectivity index (χ0n) is 18.8. The molecule has 1 unspecified atom stereocenters. The maximum atomic E-state index is 13.5. The Morgan fingerprint density at radius 1 is 1.34 bits per heavy atom. The average Bonchev–Trinajstić information content (AvgIpc) is 3.37. The molecule has 32 heavy (non-hydrogen) atoms.